The molecule has 0 bridgehead atoms. The topological polar surface area (TPSA) is 20.2 Å². The molecule has 1 nitrogen and oxygen atoms in total. The van der Waals surface area contributed by atoms with Crippen LogP contribution in [-0.2, 0) is 0 Å². The highest BCUT2D eigenvalue weighted by molar-refractivity contribution is 4.55. The van der Waals surface area contributed by atoms with Crippen molar-refractivity contribution >= 4 is 0 Å². The molecule has 0 heterocycles. The molecule has 0 aliphatic rings. The van der Waals surface area contributed by atoms with Crippen LogP contribution in [-0.4, -0.2) is 11.7 Å². The molecule has 0 saturated carbocycles. The maximum Gasteiger partial charge on any atom is 0.0431 e. The monoisotopic (exact) mass is 831 g/mol. The summed E-state index contributed by atoms with van der Waals surface area (Å²) in [5.74, 6) is 0. The van der Waals surface area contributed by atoms with Crippen LogP contribution in [0.25, 0.3) is 0 Å². The molecule has 0 radical (unpaired) electrons. The van der Waals surface area contributed by atoms with E-state index in [4.69, 9.17) is 5.11 Å². The lowest BCUT2D eigenvalue weighted by Gasteiger charge is -2.05. The smallest absolute Gasteiger partial charge is 0.0431 e. The van der Waals surface area contributed by atoms with Gasteiger partial charge in [-0.05, 0) is 6.42 Å². The number of rotatable bonds is 56. The molecule has 0 unspecified atom stereocenters. The molecule has 1 N–H and O–H groups in total. The molecule has 0 aliphatic heterocycles. The van der Waals surface area contributed by atoms with E-state index in [0.29, 0.717) is 6.61 Å². The molecule has 0 amide bonds. The van der Waals surface area contributed by atoms with E-state index in [1.54, 1.807) is 0 Å². The van der Waals surface area contributed by atoms with E-state index in [2.05, 4.69) is 6.92 Å². The van der Waals surface area contributed by atoms with Crippen molar-refractivity contribution in [3.8, 4) is 0 Å². The van der Waals surface area contributed by atoms with Crippen molar-refractivity contribution in [2.24, 2.45) is 0 Å². The zero-order valence-corrected chi connectivity index (χ0v) is 41.8. The van der Waals surface area contributed by atoms with E-state index in [-0.39, 0.29) is 0 Å². The quantitative estimate of drug-likeness (QED) is 0.0606. The van der Waals surface area contributed by atoms with Gasteiger partial charge < -0.3 is 5.11 Å². The Hall–Kier alpha value is -0.0400. The lowest BCUT2D eigenvalue weighted by atomic mass is 10.0. The standard InChI is InChI=1S/C58H118O/c1-2-3-4-5-6-7-8-9-10-11-12-13-14-15-16-17-18-19-20-21-22-23-24-25-26-27-28-29-30-31-32-33-34-35-36-37-38-39-40-41-42-43-44-45-46-47-48-49-50-51-52-53-54-55-56-57-58-59/h59H,2-58H2,1H3. The summed E-state index contributed by atoms with van der Waals surface area (Å²) in [6, 6.07) is 0. The fourth-order valence-corrected chi connectivity index (χ4v) is 9.73. The summed E-state index contributed by atoms with van der Waals surface area (Å²) in [4.78, 5) is 0. The molecule has 1 heteroatoms. The largest absolute Gasteiger partial charge is 0.396 e. The maximum absolute atomic E-state index is 8.83. The van der Waals surface area contributed by atoms with Crippen LogP contribution in [0.1, 0.15) is 366 Å². The van der Waals surface area contributed by atoms with Crippen molar-refractivity contribution in [1.82, 2.24) is 0 Å². The minimum atomic E-state index is 0.375. The Morgan fingerprint density at radius 3 is 0.305 bits per heavy atom. The molecule has 0 saturated heterocycles. The van der Waals surface area contributed by atoms with Crippen LogP contribution in [0.5, 0.6) is 0 Å². The van der Waals surface area contributed by atoms with Gasteiger partial charge in [0, 0.05) is 6.61 Å². The molecule has 0 aliphatic carbocycles. The summed E-state index contributed by atoms with van der Waals surface area (Å²) in [7, 11) is 0. The third-order valence-corrected chi connectivity index (χ3v) is 14.0. The van der Waals surface area contributed by atoms with Gasteiger partial charge >= 0.3 is 0 Å². The first-order chi connectivity index (χ1) is 29.4. The maximum atomic E-state index is 8.83. The van der Waals surface area contributed by atoms with Gasteiger partial charge in [-0.1, -0.05) is 360 Å². The number of hydrogen-bond acceptors (Lipinski definition) is 1. The van der Waals surface area contributed by atoms with Crippen LogP contribution in [0.15, 0.2) is 0 Å². The molecule has 0 rings (SSSR count). The van der Waals surface area contributed by atoms with Crippen LogP contribution in [0.2, 0.25) is 0 Å². The van der Waals surface area contributed by atoms with Gasteiger partial charge in [0.05, 0.1) is 0 Å². The highest BCUT2D eigenvalue weighted by atomic mass is 16.2. The van der Waals surface area contributed by atoms with Crippen molar-refractivity contribution in [3.05, 3.63) is 0 Å². The average molecular weight is 832 g/mol. The second kappa shape index (κ2) is 58.0. The number of unbranched alkanes of at least 4 members (excludes halogenated alkanes) is 55. The second-order valence-corrected chi connectivity index (χ2v) is 20.2. The molecule has 356 valence electrons. The molecule has 0 aromatic carbocycles. The molecule has 0 aromatic rings. The highest BCUT2D eigenvalue weighted by Crippen LogP contribution is 2.19. The van der Waals surface area contributed by atoms with Crippen LogP contribution in [0.4, 0.5) is 0 Å². The number of hydrogen-bond donors (Lipinski definition) is 1. The first-order valence-electron chi connectivity index (χ1n) is 29.0. The fourth-order valence-electron chi connectivity index (χ4n) is 9.73. The molecule has 59 heavy (non-hydrogen) atoms. The normalized spacial score (nSPS) is 11.7. The van der Waals surface area contributed by atoms with Gasteiger partial charge in [0.15, 0.2) is 0 Å². The zero-order valence-electron chi connectivity index (χ0n) is 41.8. The number of aliphatic hydroxyl groups is 1. The molecule has 0 spiro atoms. The van der Waals surface area contributed by atoms with Gasteiger partial charge in [0.1, 0.15) is 0 Å². The van der Waals surface area contributed by atoms with Crippen LogP contribution >= 0.6 is 0 Å². The number of aliphatic hydroxyl groups excluding tert-OH is 1. The summed E-state index contributed by atoms with van der Waals surface area (Å²) in [6.45, 7) is 2.69. The Labute approximate surface area is 376 Å². The SMILES string of the molecule is CCCCCCCCCCCCCCCCCCCCCCCCCCCCCCCCCCCCCCCCCCCCCCCCCCCCCCCCCCO. The lowest BCUT2D eigenvalue weighted by Crippen LogP contribution is -1.85. The predicted molar refractivity (Wildman–Crippen MR) is 271 cm³/mol. The van der Waals surface area contributed by atoms with Crippen LogP contribution < -0.4 is 0 Å². The Morgan fingerprint density at radius 1 is 0.136 bits per heavy atom. The zero-order chi connectivity index (χ0) is 42.3. The van der Waals surface area contributed by atoms with Crippen molar-refractivity contribution in [2.45, 2.75) is 366 Å². The van der Waals surface area contributed by atoms with Gasteiger partial charge in [-0.2, -0.15) is 0 Å². The minimum Gasteiger partial charge on any atom is -0.396 e. The summed E-state index contributed by atoms with van der Waals surface area (Å²) in [6.07, 6.45) is 82.0. The summed E-state index contributed by atoms with van der Waals surface area (Å²) >= 11 is 0. The Morgan fingerprint density at radius 2 is 0.220 bits per heavy atom. The molecular formula is C58H118O. The van der Waals surface area contributed by atoms with Crippen LogP contribution in [0, 0.1) is 0 Å². The van der Waals surface area contributed by atoms with E-state index in [1.165, 1.54) is 353 Å². The second-order valence-electron chi connectivity index (χ2n) is 20.2. The summed E-state index contributed by atoms with van der Waals surface area (Å²) in [5.41, 5.74) is 0. The molecule has 0 aromatic heterocycles. The summed E-state index contributed by atoms with van der Waals surface area (Å²) < 4.78 is 0. The van der Waals surface area contributed by atoms with E-state index in [1.807, 2.05) is 0 Å². The van der Waals surface area contributed by atoms with E-state index in [0.717, 1.165) is 6.42 Å². The van der Waals surface area contributed by atoms with Gasteiger partial charge in [0.25, 0.3) is 0 Å². The Balaban J connectivity index is 3.06. The Bertz CT molecular complexity index is 616. The summed E-state index contributed by atoms with van der Waals surface area (Å²) in [5, 5.41) is 8.83. The van der Waals surface area contributed by atoms with Gasteiger partial charge in [-0.25, -0.2) is 0 Å². The van der Waals surface area contributed by atoms with Gasteiger partial charge in [-0.15, -0.1) is 0 Å². The van der Waals surface area contributed by atoms with E-state index in [9.17, 15) is 0 Å². The molecule has 0 atom stereocenters. The third kappa shape index (κ3) is 58.0. The first-order valence-corrected chi connectivity index (χ1v) is 29.0. The average Bonchev–Trinajstić information content (AvgIpc) is 3.25. The van der Waals surface area contributed by atoms with E-state index < -0.39 is 0 Å². The van der Waals surface area contributed by atoms with Crippen molar-refractivity contribution in [3.63, 3.8) is 0 Å². The van der Waals surface area contributed by atoms with Crippen molar-refractivity contribution < 1.29 is 5.11 Å². The highest BCUT2D eigenvalue weighted by Gasteiger charge is 1.99. The van der Waals surface area contributed by atoms with Crippen LogP contribution in [0.3, 0.4) is 0 Å². The lowest BCUT2D eigenvalue weighted by molar-refractivity contribution is 0.282. The van der Waals surface area contributed by atoms with Gasteiger partial charge in [-0.3, -0.25) is 0 Å². The first kappa shape index (κ1) is 59.0. The third-order valence-electron chi connectivity index (χ3n) is 14.0. The van der Waals surface area contributed by atoms with E-state index >= 15 is 0 Å². The van der Waals surface area contributed by atoms with Crippen molar-refractivity contribution in [2.75, 3.05) is 6.61 Å². The van der Waals surface area contributed by atoms with Gasteiger partial charge in [0.2, 0.25) is 0 Å². The molecule has 0 fully saturated rings. The fraction of sp³-hybridized carbons (Fsp3) is 1.00. The van der Waals surface area contributed by atoms with Crippen molar-refractivity contribution in [1.29, 1.82) is 0 Å². The predicted octanol–water partition coefficient (Wildman–Crippen LogP) is 21.8. The molecular weight excluding hydrogens is 713 g/mol. The minimum absolute atomic E-state index is 0.375. The Kier molecular flexibility index (Phi) is 57.9.